The summed E-state index contributed by atoms with van der Waals surface area (Å²) in [5, 5.41) is 0. The van der Waals surface area contributed by atoms with Crippen LogP contribution < -0.4 is 0 Å². The lowest BCUT2D eigenvalue weighted by Gasteiger charge is -2.26. The Morgan fingerprint density at radius 1 is 1.00 bits per heavy atom. The van der Waals surface area contributed by atoms with Crippen LogP contribution in [0.4, 0.5) is 0 Å². The van der Waals surface area contributed by atoms with Gasteiger partial charge in [-0.3, -0.25) is 0 Å². The molecule has 0 atom stereocenters. The Bertz CT molecular complexity index is 186. The van der Waals surface area contributed by atoms with E-state index in [1.165, 1.54) is 4.67 Å². The molecular weight excluding hydrogens is 260 g/mol. The van der Waals surface area contributed by atoms with Crippen LogP contribution in [0.3, 0.4) is 0 Å². The van der Waals surface area contributed by atoms with E-state index in [2.05, 4.69) is 0 Å². The molecule has 0 aliphatic rings. The minimum Gasteiger partial charge on any atom is -0.312 e. The third-order valence-corrected chi connectivity index (χ3v) is 2.58. The van der Waals surface area contributed by atoms with E-state index in [9.17, 15) is 4.57 Å². The lowest BCUT2D eigenvalue weighted by atomic mass is 10.2. The van der Waals surface area contributed by atoms with Crippen molar-refractivity contribution in [2.24, 2.45) is 11.8 Å². The van der Waals surface area contributed by atoms with Crippen LogP contribution in [0.5, 0.6) is 0 Å². The van der Waals surface area contributed by atoms with Gasteiger partial charge in [0.2, 0.25) is 0 Å². The molecular formula is C8H22Cl2NO3P. The summed E-state index contributed by atoms with van der Waals surface area (Å²) in [4.78, 5) is 18.0. The number of halogens is 2. The average Bonchev–Trinajstić information content (AvgIpc) is 1.81. The molecule has 0 aliphatic carbocycles. The van der Waals surface area contributed by atoms with E-state index in [1.807, 2.05) is 27.7 Å². The van der Waals surface area contributed by atoms with Crippen molar-refractivity contribution in [3.63, 3.8) is 0 Å². The molecule has 0 unspecified atom stereocenters. The zero-order chi connectivity index (χ0) is 10.6. The van der Waals surface area contributed by atoms with Crippen LogP contribution in [0.25, 0.3) is 0 Å². The van der Waals surface area contributed by atoms with Gasteiger partial charge in [0, 0.05) is 13.1 Å². The van der Waals surface area contributed by atoms with Crippen LogP contribution in [0, 0.1) is 11.8 Å². The van der Waals surface area contributed by atoms with Crippen LogP contribution >= 0.6 is 32.6 Å². The average molecular weight is 282 g/mol. The maximum atomic E-state index is 11.0. The van der Waals surface area contributed by atoms with E-state index in [4.69, 9.17) is 9.79 Å². The molecule has 0 aromatic heterocycles. The van der Waals surface area contributed by atoms with Crippen molar-refractivity contribution >= 4 is 32.6 Å². The minimum absolute atomic E-state index is 0. The van der Waals surface area contributed by atoms with Crippen LogP contribution in [0.2, 0.25) is 0 Å². The van der Waals surface area contributed by atoms with E-state index >= 15 is 0 Å². The molecule has 7 heteroatoms. The van der Waals surface area contributed by atoms with Crippen molar-refractivity contribution in [1.29, 1.82) is 0 Å². The zero-order valence-electron chi connectivity index (χ0n) is 9.58. The molecule has 15 heavy (non-hydrogen) atoms. The Morgan fingerprint density at radius 2 is 1.27 bits per heavy atom. The summed E-state index contributed by atoms with van der Waals surface area (Å²) in [7, 11) is -4.05. The van der Waals surface area contributed by atoms with Crippen molar-refractivity contribution in [2.45, 2.75) is 27.7 Å². The molecule has 0 heterocycles. The fourth-order valence-corrected chi connectivity index (χ4v) is 2.21. The van der Waals surface area contributed by atoms with Gasteiger partial charge in [-0.2, -0.15) is 0 Å². The van der Waals surface area contributed by atoms with Crippen molar-refractivity contribution in [3.05, 3.63) is 0 Å². The molecule has 0 aromatic carbocycles. The molecule has 0 amide bonds. The number of hydrogen-bond donors (Lipinski definition) is 2. The fourth-order valence-electron chi connectivity index (χ4n) is 1.13. The number of hydrogen-bond acceptors (Lipinski definition) is 1. The van der Waals surface area contributed by atoms with E-state index in [0.29, 0.717) is 13.1 Å². The molecule has 0 aromatic rings. The second kappa shape index (κ2) is 8.80. The Labute approximate surface area is 104 Å². The summed E-state index contributed by atoms with van der Waals surface area (Å²) in [5.74, 6) is 0.540. The molecule has 0 aliphatic heterocycles. The molecule has 0 spiro atoms. The van der Waals surface area contributed by atoms with Crippen molar-refractivity contribution in [3.8, 4) is 0 Å². The van der Waals surface area contributed by atoms with Crippen molar-refractivity contribution in [2.75, 3.05) is 13.1 Å². The molecule has 0 saturated carbocycles. The number of rotatable bonds is 5. The van der Waals surface area contributed by atoms with Crippen molar-refractivity contribution < 1.29 is 14.4 Å². The first kappa shape index (κ1) is 21.0. The summed E-state index contributed by atoms with van der Waals surface area (Å²) in [6, 6.07) is 0. The molecule has 0 bridgehead atoms. The number of nitrogens with zero attached hydrogens (tertiary/aromatic N) is 1. The first-order valence-corrected chi connectivity index (χ1v) is 6.11. The molecule has 96 valence electrons. The van der Waals surface area contributed by atoms with Gasteiger partial charge < -0.3 is 9.79 Å². The Hall–Kier alpha value is 0.690. The van der Waals surface area contributed by atoms with Crippen molar-refractivity contribution in [1.82, 2.24) is 4.67 Å². The second-order valence-electron chi connectivity index (χ2n) is 4.17. The lowest BCUT2D eigenvalue weighted by molar-refractivity contribution is 0.238. The SMILES string of the molecule is CC(C)CN(CC(C)C)P(=O)(O)O.Cl.Cl. The molecule has 0 rings (SSSR count). The monoisotopic (exact) mass is 281 g/mol. The normalized spacial score (nSPS) is 11.5. The first-order valence-electron chi connectivity index (χ1n) is 4.54. The van der Waals surface area contributed by atoms with Gasteiger partial charge in [0.15, 0.2) is 0 Å². The molecule has 0 fully saturated rings. The molecule has 0 saturated heterocycles. The molecule has 0 radical (unpaired) electrons. The highest BCUT2D eigenvalue weighted by Gasteiger charge is 2.26. The lowest BCUT2D eigenvalue weighted by Crippen LogP contribution is -2.28. The highest BCUT2D eigenvalue weighted by molar-refractivity contribution is 7.49. The Morgan fingerprint density at radius 3 is 1.40 bits per heavy atom. The third-order valence-electron chi connectivity index (χ3n) is 1.52. The van der Waals surface area contributed by atoms with E-state index in [1.54, 1.807) is 0 Å². The van der Waals surface area contributed by atoms with Gasteiger partial charge in [-0.05, 0) is 11.8 Å². The third kappa shape index (κ3) is 11.0. The minimum atomic E-state index is -4.05. The summed E-state index contributed by atoms with van der Waals surface area (Å²) in [6.45, 7) is 8.68. The smallest absolute Gasteiger partial charge is 0.312 e. The maximum Gasteiger partial charge on any atom is 0.403 e. The van der Waals surface area contributed by atoms with Gasteiger partial charge in [0.1, 0.15) is 0 Å². The molecule has 2 N–H and O–H groups in total. The van der Waals surface area contributed by atoms with Gasteiger partial charge in [-0.1, -0.05) is 27.7 Å². The van der Waals surface area contributed by atoms with E-state index in [0.717, 1.165) is 0 Å². The quantitative estimate of drug-likeness (QED) is 0.761. The molecule has 4 nitrogen and oxygen atoms in total. The van der Waals surface area contributed by atoms with Gasteiger partial charge in [-0.25, -0.2) is 9.24 Å². The summed E-state index contributed by atoms with van der Waals surface area (Å²) < 4.78 is 12.3. The predicted octanol–water partition coefficient (Wildman–Crippen LogP) is 2.54. The second-order valence-corrected chi connectivity index (χ2v) is 5.76. The van der Waals surface area contributed by atoms with Crippen LogP contribution in [-0.2, 0) is 4.57 Å². The van der Waals surface area contributed by atoms with E-state index in [-0.39, 0.29) is 36.6 Å². The maximum absolute atomic E-state index is 11.0. The summed E-state index contributed by atoms with van der Waals surface area (Å²) in [6.07, 6.45) is 0. The van der Waals surface area contributed by atoms with Crippen LogP contribution in [0.15, 0.2) is 0 Å². The van der Waals surface area contributed by atoms with Gasteiger partial charge in [0.25, 0.3) is 0 Å². The van der Waals surface area contributed by atoms with Gasteiger partial charge in [0.05, 0.1) is 0 Å². The first-order chi connectivity index (χ1) is 5.73. The topological polar surface area (TPSA) is 60.8 Å². The van der Waals surface area contributed by atoms with Crippen LogP contribution in [-0.4, -0.2) is 27.5 Å². The summed E-state index contributed by atoms with van der Waals surface area (Å²) >= 11 is 0. The zero-order valence-corrected chi connectivity index (χ0v) is 12.1. The fraction of sp³-hybridized carbons (Fsp3) is 1.00. The predicted molar refractivity (Wildman–Crippen MR) is 67.8 cm³/mol. The standard InChI is InChI=1S/C8H20NO3P.2ClH/c1-7(2)5-9(6-8(3)4)13(10,11)12;;/h7-8H,5-6H2,1-4H3,(H2,10,11,12);2*1H. The largest absolute Gasteiger partial charge is 0.403 e. The van der Waals surface area contributed by atoms with Gasteiger partial charge >= 0.3 is 7.75 Å². The van der Waals surface area contributed by atoms with Gasteiger partial charge in [-0.15, -0.1) is 24.8 Å². The highest BCUT2D eigenvalue weighted by Crippen LogP contribution is 2.40. The van der Waals surface area contributed by atoms with Crippen LogP contribution in [0.1, 0.15) is 27.7 Å². The Kier molecular flexibility index (Phi) is 12.3. The van der Waals surface area contributed by atoms with E-state index < -0.39 is 7.75 Å². The Balaban J connectivity index is -0.000000720. The summed E-state index contributed by atoms with van der Waals surface area (Å²) in [5.41, 5.74) is 0. The highest BCUT2D eigenvalue weighted by atomic mass is 35.5.